The Hall–Kier alpha value is -2.48. The fourth-order valence-corrected chi connectivity index (χ4v) is 3.98. The Morgan fingerprint density at radius 3 is 2.12 bits per heavy atom. The summed E-state index contributed by atoms with van der Waals surface area (Å²) in [6.07, 6.45) is -3.26. The molecule has 3 rings (SSSR count). The average Bonchev–Trinajstić information content (AvgIpc) is 2.74. The predicted octanol–water partition coefficient (Wildman–Crippen LogP) is 7.83. The number of ether oxygens (including phenoxy) is 2. The van der Waals surface area contributed by atoms with Gasteiger partial charge in [0.15, 0.2) is 23.6 Å². The summed E-state index contributed by atoms with van der Waals surface area (Å²) in [7, 11) is 0. The second kappa shape index (κ2) is 10.4. The van der Waals surface area contributed by atoms with Crippen LogP contribution in [0.15, 0.2) is 48.7 Å². The normalized spacial score (nSPS) is 19.0. The molecule has 2 aromatic carbocycles. The first-order valence-electron chi connectivity index (χ1n) is 10.5. The van der Waals surface area contributed by atoms with E-state index in [1.54, 1.807) is 12.1 Å². The molecule has 0 aliphatic heterocycles. The maximum absolute atomic E-state index is 14.6. The van der Waals surface area contributed by atoms with E-state index in [4.69, 9.17) is 4.74 Å². The van der Waals surface area contributed by atoms with Gasteiger partial charge in [0.1, 0.15) is 0 Å². The Balaban J connectivity index is 1.60. The van der Waals surface area contributed by atoms with E-state index < -0.39 is 35.7 Å². The highest BCUT2D eigenvalue weighted by atomic mass is 19.3. The molecule has 1 saturated carbocycles. The first kappa shape index (κ1) is 24.2. The van der Waals surface area contributed by atoms with Gasteiger partial charge in [0.05, 0.1) is 11.7 Å². The molecule has 0 spiro atoms. The van der Waals surface area contributed by atoms with Crippen LogP contribution < -0.4 is 4.74 Å². The van der Waals surface area contributed by atoms with Crippen molar-refractivity contribution in [3.05, 3.63) is 77.1 Å². The third-order valence-electron chi connectivity index (χ3n) is 5.58. The van der Waals surface area contributed by atoms with Crippen LogP contribution in [0.4, 0.5) is 26.3 Å². The van der Waals surface area contributed by atoms with E-state index in [9.17, 15) is 26.3 Å². The van der Waals surface area contributed by atoms with Crippen LogP contribution in [0, 0.1) is 11.6 Å². The summed E-state index contributed by atoms with van der Waals surface area (Å²) in [5.41, 5.74) is 1.10. The number of alkyl halides is 2. The fourth-order valence-electron chi connectivity index (χ4n) is 3.98. The second-order valence-electron chi connectivity index (χ2n) is 7.89. The maximum Gasteiger partial charge on any atom is 0.383 e. The lowest BCUT2D eigenvalue weighted by Gasteiger charge is -2.31. The van der Waals surface area contributed by atoms with Crippen molar-refractivity contribution >= 4 is 0 Å². The first-order chi connectivity index (χ1) is 15.2. The molecule has 0 unspecified atom stereocenters. The second-order valence-corrected chi connectivity index (χ2v) is 7.89. The lowest BCUT2D eigenvalue weighted by molar-refractivity contribution is -0.277. The zero-order valence-electron chi connectivity index (χ0n) is 17.5. The van der Waals surface area contributed by atoms with E-state index in [1.165, 1.54) is 12.1 Å². The van der Waals surface area contributed by atoms with Gasteiger partial charge in [-0.05, 0) is 61.3 Å². The first-order valence-corrected chi connectivity index (χ1v) is 10.5. The minimum absolute atomic E-state index is 0.0404. The van der Waals surface area contributed by atoms with E-state index in [0.29, 0.717) is 31.2 Å². The van der Waals surface area contributed by atoms with Gasteiger partial charge < -0.3 is 9.47 Å². The van der Waals surface area contributed by atoms with Crippen LogP contribution in [-0.2, 0) is 17.3 Å². The van der Waals surface area contributed by atoms with Gasteiger partial charge >= 0.3 is 12.2 Å². The minimum Gasteiger partial charge on any atom is -0.453 e. The highest BCUT2D eigenvalue weighted by Crippen LogP contribution is 2.40. The molecule has 2 aromatic rings. The number of rotatable bonds is 8. The molecule has 2 nitrogen and oxygen atoms in total. The molecule has 0 bridgehead atoms. The molecular formula is C24H24F6O2. The third-order valence-corrected chi connectivity index (χ3v) is 5.58. The fraction of sp³-hybridized carbons (Fsp3) is 0.417. The zero-order valence-corrected chi connectivity index (χ0v) is 17.5. The summed E-state index contributed by atoms with van der Waals surface area (Å²) in [5, 5.41) is 0. The lowest BCUT2D eigenvalue weighted by atomic mass is 9.82. The molecule has 174 valence electrons. The third kappa shape index (κ3) is 6.06. The number of aryl methyl sites for hydroxylation is 1. The van der Waals surface area contributed by atoms with Crippen LogP contribution in [0.25, 0.3) is 0 Å². The molecule has 0 aromatic heterocycles. The summed E-state index contributed by atoms with van der Waals surface area (Å²) in [6.45, 7) is 2.01. The van der Waals surface area contributed by atoms with E-state index in [2.05, 4.69) is 4.74 Å². The van der Waals surface area contributed by atoms with Crippen molar-refractivity contribution in [2.24, 2.45) is 0 Å². The monoisotopic (exact) mass is 458 g/mol. The molecular weight excluding hydrogens is 434 g/mol. The molecule has 32 heavy (non-hydrogen) atoms. The van der Waals surface area contributed by atoms with Gasteiger partial charge in [0.25, 0.3) is 0 Å². The highest BCUT2D eigenvalue weighted by molar-refractivity contribution is 5.34. The van der Waals surface area contributed by atoms with E-state index in [0.717, 1.165) is 30.5 Å². The van der Waals surface area contributed by atoms with E-state index >= 15 is 0 Å². The standard InChI is InChI=1S/C24H24F6O2/c1-2-3-15-4-8-18(9-5-15)24(29,30)32-19-10-6-16(7-11-19)17-12-20(25)23(21(26)13-17)31-14-22(27)28/h4-5,8-9,12-14,16,19H,2-3,6-7,10-11H2,1H3. The predicted molar refractivity (Wildman–Crippen MR) is 108 cm³/mol. The topological polar surface area (TPSA) is 18.5 Å². The van der Waals surface area contributed by atoms with Crippen LogP contribution in [0.5, 0.6) is 5.75 Å². The summed E-state index contributed by atoms with van der Waals surface area (Å²) in [4.78, 5) is 0. The molecule has 0 heterocycles. The van der Waals surface area contributed by atoms with Crippen LogP contribution in [-0.4, -0.2) is 6.10 Å². The number of hydrogen-bond acceptors (Lipinski definition) is 2. The van der Waals surface area contributed by atoms with E-state index in [1.807, 2.05) is 6.92 Å². The quantitative estimate of drug-likeness (QED) is 0.297. The van der Waals surface area contributed by atoms with Crippen molar-refractivity contribution in [3.8, 4) is 5.75 Å². The Bertz CT molecular complexity index is 907. The Kier molecular flexibility index (Phi) is 7.87. The molecule has 0 saturated heterocycles. The summed E-state index contributed by atoms with van der Waals surface area (Å²) in [6, 6.07) is 8.13. The van der Waals surface area contributed by atoms with Gasteiger partial charge in [0.2, 0.25) is 0 Å². The number of halogens is 6. The SMILES string of the molecule is CCCc1ccc(C(F)(F)OC2CCC(c3cc(F)c(OC=C(F)F)c(F)c3)CC2)cc1. The summed E-state index contributed by atoms with van der Waals surface area (Å²) < 4.78 is 91.0. The average molecular weight is 458 g/mol. The van der Waals surface area contributed by atoms with Crippen molar-refractivity contribution in [3.63, 3.8) is 0 Å². The summed E-state index contributed by atoms with van der Waals surface area (Å²) >= 11 is 0. The van der Waals surface area contributed by atoms with Crippen molar-refractivity contribution in [2.75, 3.05) is 0 Å². The molecule has 1 aliphatic carbocycles. The molecule has 0 atom stereocenters. The lowest BCUT2D eigenvalue weighted by Crippen LogP contribution is -2.29. The van der Waals surface area contributed by atoms with Gasteiger partial charge in [-0.15, -0.1) is 0 Å². The zero-order chi connectivity index (χ0) is 23.3. The maximum atomic E-state index is 14.6. The molecule has 0 N–H and O–H groups in total. The van der Waals surface area contributed by atoms with Gasteiger partial charge in [-0.3, -0.25) is 0 Å². The van der Waals surface area contributed by atoms with Gasteiger partial charge in [-0.25, -0.2) is 8.78 Å². The Morgan fingerprint density at radius 1 is 1.00 bits per heavy atom. The van der Waals surface area contributed by atoms with Gasteiger partial charge in [0, 0.05) is 0 Å². The smallest absolute Gasteiger partial charge is 0.383 e. The minimum atomic E-state index is -3.43. The molecule has 1 aliphatic rings. The highest BCUT2D eigenvalue weighted by Gasteiger charge is 2.37. The molecule has 8 heteroatoms. The molecule has 1 fully saturated rings. The van der Waals surface area contributed by atoms with Crippen LogP contribution in [0.1, 0.15) is 61.6 Å². The van der Waals surface area contributed by atoms with E-state index in [-0.39, 0.29) is 17.7 Å². The summed E-state index contributed by atoms with van der Waals surface area (Å²) in [5.74, 6) is -3.38. The molecule has 0 radical (unpaired) electrons. The van der Waals surface area contributed by atoms with Gasteiger partial charge in [-0.2, -0.15) is 17.6 Å². The van der Waals surface area contributed by atoms with Crippen molar-refractivity contribution < 1.29 is 35.8 Å². The van der Waals surface area contributed by atoms with Crippen molar-refractivity contribution in [1.82, 2.24) is 0 Å². The van der Waals surface area contributed by atoms with Crippen LogP contribution in [0.3, 0.4) is 0 Å². The van der Waals surface area contributed by atoms with Gasteiger partial charge in [-0.1, -0.05) is 37.6 Å². The Morgan fingerprint density at radius 2 is 1.59 bits per heavy atom. The number of hydrogen-bond donors (Lipinski definition) is 0. The van der Waals surface area contributed by atoms with Crippen molar-refractivity contribution in [2.45, 2.75) is 63.6 Å². The van der Waals surface area contributed by atoms with Crippen molar-refractivity contribution in [1.29, 1.82) is 0 Å². The van der Waals surface area contributed by atoms with Crippen LogP contribution >= 0.6 is 0 Å². The Labute approximate surface area is 182 Å². The largest absolute Gasteiger partial charge is 0.453 e. The molecule has 0 amide bonds. The number of benzene rings is 2. The van der Waals surface area contributed by atoms with Crippen LogP contribution in [0.2, 0.25) is 0 Å².